The van der Waals surface area contributed by atoms with Crippen molar-refractivity contribution in [2.24, 2.45) is 5.92 Å². The number of hydrogen-bond donors (Lipinski definition) is 2. The van der Waals surface area contributed by atoms with Gasteiger partial charge < -0.3 is 15.5 Å². The Morgan fingerprint density at radius 1 is 1.04 bits per heavy atom. The molecule has 2 N–H and O–H groups in total. The van der Waals surface area contributed by atoms with Crippen molar-refractivity contribution in [1.82, 2.24) is 15.5 Å². The highest BCUT2D eigenvalue weighted by molar-refractivity contribution is 5.94. The van der Waals surface area contributed by atoms with Crippen molar-refractivity contribution in [1.29, 1.82) is 0 Å². The lowest BCUT2D eigenvalue weighted by Crippen LogP contribution is -2.43. The molecule has 0 radical (unpaired) electrons. The second-order valence-electron chi connectivity index (χ2n) is 6.06. The van der Waals surface area contributed by atoms with Gasteiger partial charge in [-0.05, 0) is 31.4 Å². The number of nitrogens with zero attached hydrogens (tertiary/aromatic N) is 1. The van der Waals surface area contributed by atoms with E-state index in [9.17, 15) is 14.4 Å². The van der Waals surface area contributed by atoms with Crippen molar-refractivity contribution in [2.75, 3.05) is 26.2 Å². The second-order valence-corrected chi connectivity index (χ2v) is 6.06. The zero-order valence-electron chi connectivity index (χ0n) is 14.1. The Bertz CT molecular complexity index is 566. The Balaban J connectivity index is 1.69. The highest BCUT2D eigenvalue weighted by Gasteiger charge is 2.27. The summed E-state index contributed by atoms with van der Waals surface area (Å²) in [5, 5.41) is 5.61. The molecule has 1 aromatic rings. The molecule has 24 heavy (non-hydrogen) atoms. The van der Waals surface area contributed by atoms with Crippen LogP contribution in [0.3, 0.4) is 0 Å². The molecule has 3 amide bonds. The van der Waals surface area contributed by atoms with Crippen molar-refractivity contribution in [3.05, 3.63) is 35.9 Å². The van der Waals surface area contributed by atoms with E-state index in [0.717, 1.165) is 6.42 Å². The van der Waals surface area contributed by atoms with E-state index in [0.29, 0.717) is 44.6 Å². The molecule has 2 rings (SSSR count). The van der Waals surface area contributed by atoms with Crippen LogP contribution >= 0.6 is 0 Å². The predicted molar refractivity (Wildman–Crippen MR) is 91.4 cm³/mol. The number of amides is 3. The minimum atomic E-state index is -0.0585. The number of carbonyl (C=O) groups excluding carboxylic acids is 3. The van der Waals surface area contributed by atoms with Gasteiger partial charge in [-0.1, -0.05) is 18.2 Å². The van der Waals surface area contributed by atoms with Gasteiger partial charge >= 0.3 is 0 Å². The van der Waals surface area contributed by atoms with Gasteiger partial charge in [0, 0.05) is 44.6 Å². The molecule has 0 aromatic heterocycles. The molecule has 1 aromatic carbocycles. The van der Waals surface area contributed by atoms with Gasteiger partial charge in [-0.15, -0.1) is 0 Å². The number of carbonyl (C=O) groups is 3. The maximum Gasteiger partial charge on any atom is 0.253 e. The van der Waals surface area contributed by atoms with Crippen molar-refractivity contribution in [3.63, 3.8) is 0 Å². The Labute approximate surface area is 142 Å². The quantitative estimate of drug-likeness (QED) is 0.769. The van der Waals surface area contributed by atoms with Gasteiger partial charge in [0.15, 0.2) is 0 Å². The number of nitrogens with one attached hydrogen (secondary N) is 2. The summed E-state index contributed by atoms with van der Waals surface area (Å²) in [4.78, 5) is 37.1. The SMILES string of the molecule is CC(=O)NCCCNC(=O)C1CCN(C(=O)c2ccccc2)CC1. The zero-order valence-corrected chi connectivity index (χ0v) is 14.1. The Morgan fingerprint density at radius 3 is 2.29 bits per heavy atom. The van der Waals surface area contributed by atoms with Gasteiger partial charge in [0.05, 0.1) is 0 Å². The summed E-state index contributed by atoms with van der Waals surface area (Å²) < 4.78 is 0. The molecular weight excluding hydrogens is 306 g/mol. The molecule has 6 nitrogen and oxygen atoms in total. The molecule has 0 saturated carbocycles. The highest BCUT2D eigenvalue weighted by atomic mass is 16.2. The van der Waals surface area contributed by atoms with E-state index in [4.69, 9.17) is 0 Å². The maximum absolute atomic E-state index is 12.4. The summed E-state index contributed by atoms with van der Waals surface area (Å²) in [7, 11) is 0. The fourth-order valence-corrected chi connectivity index (χ4v) is 2.82. The summed E-state index contributed by atoms with van der Waals surface area (Å²) >= 11 is 0. The van der Waals surface area contributed by atoms with E-state index in [-0.39, 0.29) is 23.6 Å². The first kappa shape index (κ1) is 18.0. The molecule has 1 aliphatic rings. The maximum atomic E-state index is 12.4. The van der Waals surface area contributed by atoms with Gasteiger partial charge in [-0.25, -0.2) is 0 Å². The van der Waals surface area contributed by atoms with Crippen LogP contribution in [0, 0.1) is 5.92 Å². The lowest BCUT2D eigenvalue weighted by molar-refractivity contribution is -0.126. The highest BCUT2D eigenvalue weighted by Crippen LogP contribution is 2.19. The number of benzene rings is 1. The van der Waals surface area contributed by atoms with Crippen LogP contribution in [-0.4, -0.2) is 48.8 Å². The van der Waals surface area contributed by atoms with E-state index in [1.54, 1.807) is 0 Å². The third-order valence-electron chi connectivity index (χ3n) is 4.20. The molecule has 1 aliphatic heterocycles. The molecule has 6 heteroatoms. The molecule has 1 heterocycles. The average Bonchev–Trinajstić information content (AvgIpc) is 2.61. The first-order valence-corrected chi connectivity index (χ1v) is 8.44. The van der Waals surface area contributed by atoms with E-state index >= 15 is 0 Å². The van der Waals surface area contributed by atoms with Crippen molar-refractivity contribution >= 4 is 17.7 Å². The Kier molecular flexibility index (Phi) is 6.78. The van der Waals surface area contributed by atoms with Crippen LogP contribution in [0.25, 0.3) is 0 Å². The third kappa shape index (κ3) is 5.37. The number of hydrogen-bond acceptors (Lipinski definition) is 3. The lowest BCUT2D eigenvalue weighted by Gasteiger charge is -2.31. The fourth-order valence-electron chi connectivity index (χ4n) is 2.82. The van der Waals surface area contributed by atoms with Crippen LogP contribution in [-0.2, 0) is 9.59 Å². The smallest absolute Gasteiger partial charge is 0.253 e. The number of piperidine rings is 1. The number of likely N-dealkylation sites (tertiary alicyclic amines) is 1. The van der Waals surface area contributed by atoms with Crippen molar-refractivity contribution in [3.8, 4) is 0 Å². The van der Waals surface area contributed by atoms with E-state index in [1.165, 1.54) is 6.92 Å². The first-order chi connectivity index (χ1) is 11.6. The molecule has 130 valence electrons. The van der Waals surface area contributed by atoms with Crippen molar-refractivity contribution in [2.45, 2.75) is 26.2 Å². The summed E-state index contributed by atoms with van der Waals surface area (Å²) in [5.41, 5.74) is 0.693. The third-order valence-corrected chi connectivity index (χ3v) is 4.20. The summed E-state index contributed by atoms with van der Waals surface area (Å²) in [5.74, 6) is -0.0169. The average molecular weight is 331 g/mol. The molecule has 0 bridgehead atoms. The van der Waals surface area contributed by atoms with Crippen LogP contribution in [0.4, 0.5) is 0 Å². The van der Waals surface area contributed by atoms with Gasteiger partial charge in [-0.2, -0.15) is 0 Å². The zero-order chi connectivity index (χ0) is 17.4. The molecule has 1 fully saturated rings. The van der Waals surface area contributed by atoms with E-state index in [2.05, 4.69) is 10.6 Å². The van der Waals surface area contributed by atoms with Gasteiger partial charge in [0.2, 0.25) is 11.8 Å². The van der Waals surface area contributed by atoms with E-state index < -0.39 is 0 Å². The molecule has 0 atom stereocenters. The van der Waals surface area contributed by atoms with Crippen LogP contribution in [0.15, 0.2) is 30.3 Å². The second kappa shape index (κ2) is 9.05. The van der Waals surface area contributed by atoms with Crippen LogP contribution in [0.1, 0.15) is 36.5 Å². The monoisotopic (exact) mass is 331 g/mol. The molecular formula is C18H25N3O3. The van der Waals surface area contributed by atoms with Gasteiger partial charge in [-0.3, -0.25) is 14.4 Å². The van der Waals surface area contributed by atoms with Crippen LogP contribution < -0.4 is 10.6 Å². The molecule has 0 unspecified atom stereocenters. The largest absolute Gasteiger partial charge is 0.356 e. The number of rotatable bonds is 6. The Morgan fingerprint density at radius 2 is 1.67 bits per heavy atom. The normalized spacial score (nSPS) is 15.0. The van der Waals surface area contributed by atoms with Crippen molar-refractivity contribution < 1.29 is 14.4 Å². The molecule has 0 spiro atoms. The van der Waals surface area contributed by atoms with Gasteiger partial charge in [0.25, 0.3) is 5.91 Å². The minimum Gasteiger partial charge on any atom is -0.356 e. The fraction of sp³-hybridized carbons (Fsp3) is 0.500. The topological polar surface area (TPSA) is 78.5 Å². The Hall–Kier alpha value is -2.37. The van der Waals surface area contributed by atoms with Gasteiger partial charge in [0.1, 0.15) is 0 Å². The van der Waals surface area contributed by atoms with Crippen LogP contribution in [0.2, 0.25) is 0 Å². The molecule has 1 saturated heterocycles. The first-order valence-electron chi connectivity index (χ1n) is 8.44. The van der Waals surface area contributed by atoms with E-state index in [1.807, 2.05) is 35.2 Å². The summed E-state index contributed by atoms with van der Waals surface area (Å²) in [6.07, 6.45) is 2.10. The summed E-state index contributed by atoms with van der Waals surface area (Å²) in [6, 6.07) is 9.23. The summed E-state index contributed by atoms with van der Waals surface area (Å²) in [6.45, 7) is 3.82. The van der Waals surface area contributed by atoms with Crippen LogP contribution in [0.5, 0.6) is 0 Å². The minimum absolute atomic E-state index is 0.0322. The standard InChI is InChI=1S/C18H25N3O3/c1-14(22)19-10-5-11-20-17(23)15-8-12-21(13-9-15)18(24)16-6-3-2-4-7-16/h2-4,6-7,15H,5,8-13H2,1H3,(H,19,22)(H,20,23). The molecule has 0 aliphatic carbocycles. The lowest BCUT2D eigenvalue weighted by atomic mass is 9.95. The predicted octanol–water partition coefficient (Wildman–Crippen LogP) is 1.18.